The second-order valence-corrected chi connectivity index (χ2v) is 7.46. The van der Waals surface area contributed by atoms with E-state index in [0.29, 0.717) is 0 Å². The first-order chi connectivity index (χ1) is 12.3. The maximum absolute atomic E-state index is 5.96. The highest BCUT2D eigenvalue weighted by Gasteiger charge is 2.29. The number of hydrogen-bond donors (Lipinski definition) is 1. The topological polar surface area (TPSA) is 46.0 Å². The average molecular weight is 362 g/mol. The van der Waals surface area contributed by atoms with Crippen molar-refractivity contribution < 1.29 is 4.84 Å². The quantitative estimate of drug-likeness (QED) is 0.579. The van der Waals surface area contributed by atoms with Crippen molar-refractivity contribution in [2.45, 2.75) is 76.9 Å². The Bertz CT molecular complexity index is 612. The first-order valence-electron chi connectivity index (χ1n) is 9.57. The van der Waals surface area contributed by atoms with E-state index in [4.69, 9.17) is 16.4 Å². The molecule has 2 heterocycles. The highest BCUT2D eigenvalue weighted by Crippen LogP contribution is 2.26. The van der Waals surface area contributed by atoms with E-state index in [2.05, 4.69) is 22.6 Å². The molecule has 0 amide bonds. The van der Waals surface area contributed by atoms with E-state index >= 15 is 0 Å². The molecule has 1 aromatic carbocycles. The molecule has 3 rings (SSSR count). The normalized spacial score (nSPS) is 22.3. The monoisotopic (exact) mass is 361 g/mol. The van der Waals surface area contributed by atoms with Gasteiger partial charge < -0.3 is 10.3 Å². The number of nitrogens with zero attached hydrogens (tertiary/aromatic N) is 2. The Balaban J connectivity index is 1.38. The number of unbranched alkanes of at least 4 members (excludes halogenated alkanes) is 5. The highest BCUT2D eigenvalue weighted by atomic mass is 35.5. The molecule has 0 radical (unpaired) electrons. The van der Waals surface area contributed by atoms with Gasteiger partial charge in [0.15, 0.2) is 0 Å². The van der Waals surface area contributed by atoms with Gasteiger partial charge in [-0.05, 0) is 30.5 Å². The Kier molecular flexibility index (Phi) is 6.74. The van der Waals surface area contributed by atoms with E-state index in [1.807, 2.05) is 24.3 Å². The summed E-state index contributed by atoms with van der Waals surface area (Å²) in [5, 5.41) is 9.54. The minimum absolute atomic E-state index is 0.201. The molecular weight excluding hydrogens is 334 g/mol. The number of oxime groups is 1. The molecule has 2 unspecified atom stereocenters. The molecule has 0 aromatic heterocycles. The molecule has 2 aliphatic heterocycles. The zero-order valence-electron chi connectivity index (χ0n) is 15.0. The third-order valence-electron chi connectivity index (χ3n) is 4.97. The third-order valence-corrected chi connectivity index (χ3v) is 5.22. The maximum Gasteiger partial charge on any atom is 0.133 e. The van der Waals surface area contributed by atoms with Crippen LogP contribution in [0.15, 0.2) is 34.5 Å². The fraction of sp³-hybridized carbons (Fsp3) is 0.600. The first-order valence-corrected chi connectivity index (χ1v) is 9.94. The molecule has 0 spiro atoms. The minimum Gasteiger partial charge on any atom is -0.392 e. The van der Waals surface area contributed by atoms with Crippen molar-refractivity contribution >= 4 is 23.0 Å². The van der Waals surface area contributed by atoms with E-state index in [0.717, 1.165) is 35.7 Å². The van der Waals surface area contributed by atoms with Gasteiger partial charge in [0.2, 0.25) is 0 Å². The molecule has 0 aliphatic carbocycles. The third kappa shape index (κ3) is 5.21. The molecule has 0 saturated carbocycles. The number of halogens is 1. The van der Waals surface area contributed by atoms with Crippen molar-refractivity contribution in [1.82, 2.24) is 5.43 Å². The van der Waals surface area contributed by atoms with E-state index in [1.54, 1.807) is 0 Å². The number of hydrogen-bond acceptors (Lipinski definition) is 4. The summed E-state index contributed by atoms with van der Waals surface area (Å²) in [5.74, 6) is 0. The SMILES string of the molecule is CCCCCCCCC1CC(C2=NNC(c3ccc(Cl)cc3)C2)=NO1. The molecule has 4 nitrogen and oxygen atoms in total. The van der Waals surface area contributed by atoms with E-state index in [-0.39, 0.29) is 12.1 Å². The number of nitrogens with one attached hydrogen (secondary N) is 1. The fourth-order valence-corrected chi connectivity index (χ4v) is 3.54. The molecule has 1 aromatic rings. The Labute approximate surface area is 155 Å². The van der Waals surface area contributed by atoms with Crippen molar-refractivity contribution in [3.63, 3.8) is 0 Å². The lowest BCUT2D eigenvalue weighted by molar-refractivity contribution is 0.0770. The Morgan fingerprint density at radius 3 is 2.60 bits per heavy atom. The summed E-state index contributed by atoms with van der Waals surface area (Å²) >= 11 is 5.96. The fourth-order valence-electron chi connectivity index (χ4n) is 3.42. The van der Waals surface area contributed by atoms with Gasteiger partial charge in [0.05, 0.1) is 11.8 Å². The standard InChI is InChI=1S/C20H28ClN3O/c1-2-3-4-5-6-7-8-17-13-20(24-25-17)19-14-18(22-23-19)15-9-11-16(21)12-10-15/h9-12,17-18,22H,2-8,13-14H2,1H3. The molecule has 25 heavy (non-hydrogen) atoms. The molecule has 1 N–H and O–H groups in total. The van der Waals surface area contributed by atoms with Crippen LogP contribution in [0.5, 0.6) is 0 Å². The molecular formula is C20H28ClN3O. The van der Waals surface area contributed by atoms with Crippen molar-refractivity contribution in [2.75, 3.05) is 0 Å². The Hall–Kier alpha value is -1.55. The molecule has 0 fully saturated rings. The van der Waals surface area contributed by atoms with Crippen LogP contribution in [0.3, 0.4) is 0 Å². The van der Waals surface area contributed by atoms with Crippen molar-refractivity contribution in [1.29, 1.82) is 0 Å². The van der Waals surface area contributed by atoms with Gasteiger partial charge in [0.25, 0.3) is 0 Å². The maximum atomic E-state index is 5.96. The zero-order chi connectivity index (χ0) is 17.5. The minimum atomic E-state index is 0.201. The molecule has 5 heteroatoms. The predicted molar refractivity (Wildman–Crippen MR) is 104 cm³/mol. The van der Waals surface area contributed by atoms with Crippen LogP contribution >= 0.6 is 11.6 Å². The van der Waals surface area contributed by atoms with Gasteiger partial charge in [0.1, 0.15) is 11.8 Å². The predicted octanol–water partition coefficient (Wildman–Crippen LogP) is 5.63. The van der Waals surface area contributed by atoms with Crippen LogP contribution in [0, 0.1) is 0 Å². The summed E-state index contributed by atoms with van der Waals surface area (Å²) in [5.41, 5.74) is 6.46. The highest BCUT2D eigenvalue weighted by molar-refractivity contribution is 6.43. The molecule has 0 saturated heterocycles. The van der Waals surface area contributed by atoms with Gasteiger partial charge in [-0.3, -0.25) is 0 Å². The summed E-state index contributed by atoms with van der Waals surface area (Å²) in [4.78, 5) is 5.62. The van der Waals surface area contributed by atoms with Crippen molar-refractivity contribution in [2.24, 2.45) is 10.3 Å². The van der Waals surface area contributed by atoms with Gasteiger partial charge in [0, 0.05) is 17.9 Å². The van der Waals surface area contributed by atoms with Gasteiger partial charge in [-0.15, -0.1) is 0 Å². The van der Waals surface area contributed by atoms with E-state index < -0.39 is 0 Å². The molecule has 136 valence electrons. The number of rotatable bonds is 9. The van der Waals surface area contributed by atoms with Gasteiger partial charge in [-0.1, -0.05) is 67.9 Å². The van der Waals surface area contributed by atoms with Gasteiger partial charge in [-0.2, -0.15) is 5.10 Å². The zero-order valence-corrected chi connectivity index (χ0v) is 15.8. The molecule has 2 aliphatic rings. The molecule has 2 atom stereocenters. The summed E-state index contributed by atoms with van der Waals surface area (Å²) in [6.07, 6.45) is 11.0. The van der Waals surface area contributed by atoms with Crippen LogP contribution in [0.25, 0.3) is 0 Å². The van der Waals surface area contributed by atoms with E-state index in [9.17, 15) is 0 Å². The lowest BCUT2D eigenvalue weighted by Crippen LogP contribution is -2.15. The second-order valence-electron chi connectivity index (χ2n) is 7.02. The smallest absolute Gasteiger partial charge is 0.133 e. The summed E-state index contributed by atoms with van der Waals surface area (Å²) < 4.78 is 0. The summed E-state index contributed by atoms with van der Waals surface area (Å²) in [6.45, 7) is 2.25. The number of hydrazone groups is 1. The van der Waals surface area contributed by atoms with Crippen LogP contribution in [0.1, 0.15) is 76.3 Å². The number of benzene rings is 1. The van der Waals surface area contributed by atoms with Crippen LogP contribution in [0.2, 0.25) is 5.02 Å². The van der Waals surface area contributed by atoms with Gasteiger partial charge >= 0.3 is 0 Å². The van der Waals surface area contributed by atoms with Crippen LogP contribution in [0.4, 0.5) is 0 Å². The van der Waals surface area contributed by atoms with Gasteiger partial charge in [-0.25, -0.2) is 0 Å². The second kappa shape index (κ2) is 9.23. The summed E-state index contributed by atoms with van der Waals surface area (Å²) in [6, 6.07) is 8.14. The Morgan fingerprint density at radius 1 is 1.04 bits per heavy atom. The van der Waals surface area contributed by atoms with E-state index in [1.165, 1.54) is 44.1 Å². The Morgan fingerprint density at radius 2 is 1.80 bits per heavy atom. The lowest BCUT2D eigenvalue weighted by atomic mass is 9.97. The van der Waals surface area contributed by atoms with Crippen LogP contribution in [-0.2, 0) is 4.84 Å². The summed E-state index contributed by atoms with van der Waals surface area (Å²) in [7, 11) is 0. The lowest BCUT2D eigenvalue weighted by Gasteiger charge is -2.09. The molecule has 0 bridgehead atoms. The largest absolute Gasteiger partial charge is 0.392 e. The first kappa shape index (κ1) is 18.2. The van der Waals surface area contributed by atoms with Crippen molar-refractivity contribution in [3.05, 3.63) is 34.9 Å². The average Bonchev–Trinajstić information content (AvgIpc) is 3.28. The van der Waals surface area contributed by atoms with Crippen molar-refractivity contribution in [3.8, 4) is 0 Å². The van der Waals surface area contributed by atoms with Crippen LogP contribution < -0.4 is 5.43 Å². The van der Waals surface area contributed by atoms with Crippen LogP contribution in [-0.4, -0.2) is 17.5 Å².